The van der Waals surface area contributed by atoms with Crippen LogP contribution in [0.2, 0.25) is 0 Å². The second-order valence-corrected chi connectivity index (χ2v) is 9.79. The molecular weight excluding hydrogens is 499 g/mol. The van der Waals surface area contributed by atoms with Gasteiger partial charge in [0, 0.05) is 24.6 Å². The van der Waals surface area contributed by atoms with Crippen LogP contribution in [-0.2, 0) is 9.53 Å². The van der Waals surface area contributed by atoms with Crippen molar-refractivity contribution in [1.29, 1.82) is 0 Å². The fourth-order valence-electron chi connectivity index (χ4n) is 5.40. The molecule has 1 N–H and O–H groups in total. The minimum Gasteiger partial charge on any atom is -0.491 e. The van der Waals surface area contributed by atoms with Gasteiger partial charge in [-0.25, -0.2) is 4.39 Å². The third-order valence-electron chi connectivity index (χ3n) is 7.25. The number of piperidine rings is 1. The summed E-state index contributed by atoms with van der Waals surface area (Å²) in [5.74, 6) is 1.57. The van der Waals surface area contributed by atoms with E-state index in [-0.39, 0.29) is 30.9 Å². The Balaban J connectivity index is 1.27. The van der Waals surface area contributed by atoms with Crippen molar-refractivity contribution >= 4 is 17.5 Å². The first-order chi connectivity index (χ1) is 19.1. The molecule has 2 amide bonds. The number of benzene rings is 3. The molecule has 0 spiro atoms. The highest BCUT2D eigenvalue weighted by molar-refractivity contribution is 5.99. The Morgan fingerprint density at radius 2 is 1.77 bits per heavy atom. The minimum atomic E-state index is -0.501. The van der Waals surface area contributed by atoms with Gasteiger partial charge >= 0.3 is 0 Å². The van der Waals surface area contributed by atoms with Gasteiger partial charge in [-0.1, -0.05) is 42.5 Å². The lowest BCUT2D eigenvalue weighted by Gasteiger charge is -2.37. The number of nitrogens with zero attached hydrogens (tertiary/aromatic N) is 1. The fraction of sp³-hybridized carbons (Fsp3) is 0.355. The van der Waals surface area contributed by atoms with Crippen molar-refractivity contribution < 1.29 is 28.2 Å². The highest BCUT2D eigenvalue weighted by Crippen LogP contribution is 2.39. The van der Waals surface area contributed by atoms with E-state index in [9.17, 15) is 14.0 Å². The van der Waals surface area contributed by atoms with Crippen LogP contribution in [-0.4, -0.2) is 62.9 Å². The highest BCUT2D eigenvalue weighted by Gasteiger charge is 2.31. The number of hydrogen-bond acceptors (Lipinski definition) is 5. The molecule has 8 heteroatoms. The Kier molecular flexibility index (Phi) is 8.73. The third-order valence-corrected chi connectivity index (χ3v) is 7.25. The van der Waals surface area contributed by atoms with E-state index < -0.39 is 6.67 Å². The van der Waals surface area contributed by atoms with Crippen LogP contribution >= 0.6 is 0 Å². The predicted molar refractivity (Wildman–Crippen MR) is 146 cm³/mol. The van der Waals surface area contributed by atoms with Crippen LogP contribution in [0.3, 0.4) is 0 Å². The molecule has 1 saturated heterocycles. The third kappa shape index (κ3) is 6.57. The van der Waals surface area contributed by atoms with Gasteiger partial charge in [0.05, 0.1) is 18.9 Å². The summed E-state index contributed by atoms with van der Waals surface area (Å²) in [5.41, 5.74) is 3.47. The summed E-state index contributed by atoms with van der Waals surface area (Å²) >= 11 is 0. The first kappa shape index (κ1) is 26.7. The maximum Gasteiger partial charge on any atom is 0.262 e. The van der Waals surface area contributed by atoms with E-state index in [1.165, 1.54) is 11.1 Å². The largest absolute Gasteiger partial charge is 0.491 e. The number of nitrogens with one attached hydrogen (secondary N) is 1. The number of hydrogen-bond donors (Lipinski definition) is 1. The van der Waals surface area contributed by atoms with Crippen LogP contribution in [0.15, 0.2) is 72.8 Å². The molecule has 1 fully saturated rings. The van der Waals surface area contributed by atoms with Crippen LogP contribution in [0.5, 0.6) is 11.5 Å². The maximum absolute atomic E-state index is 13.3. The normalized spacial score (nSPS) is 16.1. The summed E-state index contributed by atoms with van der Waals surface area (Å²) in [7, 11) is 0. The van der Waals surface area contributed by atoms with Crippen LogP contribution in [0.25, 0.3) is 0 Å². The molecule has 2 heterocycles. The van der Waals surface area contributed by atoms with Gasteiger partial charge < -0.3 is 24.4 Å². The molecule has 0 saturated carbocycles. The Labute approximate surface area is 227 Å². The quantitative estimate of drug-likeness (QED) is 0.369. The number of likely N-dealkylation sites (tertiary alicyclic amines) is 1. The molecule has 0 aromatic heterocycles. The molecule has 0 unspecified atom stereocenters. The molecule has 0 aliphatic carbocycles. The SMILES string of the molecule is O=C1COc2ccc(C(=O)N3CCC([C@H](c4ccccc4)c4cccc(OCCOCCF)c4)CC3)cc2N1. The number of carbonyl (C=O) groups is 2. The van der Waals surface area contributed by atoms with Crippen LogP contribution in [0.1, 0.15) is 40.2 Å². The average Bonchev–Trinajstić information content (AvgIpc) is 2.97. The summed E-state index contributed by atoms with van der Waals surface area (Å²) < 4.78 is 28.7. The van der Waals surface area contributed by atoms with Crippen LogP contribution < -0.4 is 14.8 Å². The molecule has 204 valence electrons. The zero-order valence-corrected chi connectivity index (χ0v) is 21.8. The van der Waals surface area contributed by atoms with Gasteiger partial charge in [-0.05, 0) is 60.2 Å². The Morgan fingerprint density at radius 1 is 0.974 bits per heavy atom. The predicted octanol–water partition coefficient (Wildman–Crippen LogP) is 5.07. The molecule has 39 heavy (non-hydrogen) atoms. The maximum atomic E-state index is 13.3. The summed E-state index contributed by atoms with van der Waals surface area (Å²) in [6.07, 6.45) is 1.72. The molecule has 3 aromatic carbocycles. The van der Waals surface area contributed by atoms with Gasteiger partial charge in [0.1, 0.15) is 24.8 Å². The molecule has 0 bridgehead atoms. The molecular formula is C31H33FN2O5. The fourth-order valence-corrected chi connectivity index (χ4v) is 5.40. The second-order valence-electron chi connectivity index (χ2n) is 9.79. The first-order valence-corrected chi connectivity index (χ1v) is 13.4. The molecule has 5 rings (SSSR count). The van der Waals surface area contributed by atoms with E-state index in [1.807, 2.05) is 23.1 Å². The number of fused-ring (bicyclic) bond motifs is 1. The lowest BCUT2D eigenvalue weighted by atomic mass is 9.76. The summed E-state index contributed by atoms with van der Waals surface area (Å²) in [5, 5.41) is 2.78. The summed E-state index contributed by atoms with van der Waals surface area (Å²) in [4.78, 5) is 26.9. The van der Waals surface area contributed by atoms with Crippen molar-refractivity contribution in [1.82, 2.24) is 4.90 Å². The number of carbonyl (C=O) groups excluding carboxylic acids is 2. The minimum absolute atomic E-state index is 0.0136. The van der Waals surface area contributed by atoms with Crippen LogP contribution in [0.4, 0.5) is 10.1 Å². The van der Waals surface area contributed by atoms with E-state index in [2.05, 4.69) is 41.7 Å². The topological polar surface area (TPSA) is 77.1 Å². The van der Waals surface area contributed by atoms with Crippen molar-refractivity contribution in [2.45, 2.75) is 18.8 Å². The highest BCUT2D eigenvalue weighted by atomic mass is 19.1. The van der Waals surface area contributed by atoms with Crippen LogP contribution in [0, 0.1) is 5.92 Å². The van der Waals surface area contributed by atoms with E-state index in [4.69, 9.17) is 14.2 Å². The molecule has 0 radical (unpaired) electrons. The standard InChI is InChI=1S/C31H33FN2O5/c32-13-16-37-17-18-38-26-8-4-7-24(19-26)30(22-5-2-1-3-6-22)23-11-14-34(15-12-23)31(36)25-9-10-28-27(20-25)33-29(35)21-39-28/h1-10,19-20,23,30H,11-18,21H2,(H,33,35)/t30-/m0/s1. The van der Waals surface area contributed by atoms with Gasteiger partial charge in [0.15, 0.2) is 6.61 Å². The van der Waals surface area contributed by atoms with Gasteiger partial charge in [-0.3, -0.25) is 9.59 Å². The van der Waals surface area contributed by atoms with Gasteiger partial charge in [0.2, 0.25) is 0 Å². The Bertz CT molecular complexity index is 1280. The average molecular weight is 533 g/mol. The number of anilines is 1. The number of rotatable bonds is 10. The zero-order chi connectivity index (χ0) is 27.0. The van der Waals surface area contributed by atoms with Crippen molar-refractivity contribution in [3.63, 3.8) is 0 Å². The van der Waals surface area contributed by atoms with Gasteiger partial charge in [-0.2, -0.15) is 0 Å². The second kappa shape index (κ2) is 12.8. The Morgan fingerprint density at radius 3 is 2.56 bits per heavy atom. The summed E-state index contributed by atoms with van der Waals surface area (Å²) in [6, 6.07) is 23.8. The monoisotopic (exact) mass is 532 g/mol. The van der Waals surface area contributed by atoms with Gasteiger partial charge in [-0.15, -0.1) is 0 Å². The zero-order valence-electron chi connectivity index (χ0n) is 21.8. The lowest BCUT2D eigenvalue weighted by Crippen LogP contribution is -2.40. The van der Waals surface area contributed by atoms with E-state index >= 15 is 0 Å². The lowest BCUT2D eigenvalue weighted by molar-refractivity contribution is -0.118. The van der Waals surface area contributed by atoms with Crippen molar-refractivity contribution in [2.75, 3.05) is 51.5 Å². The Hall–Kier alpha value is -3.91. The number of alkyl halides is 1. The molecule has 7 nitrogen and oxygen atoms in total. The molecule has 3 aromatic rings. The molecule has 1 atom stereocenters. The first-order valence-electron chi connectivity index (χ1n) is 13.4. The summed E-state index contributed by atoms with van der Waals surface area (Å²) in [6.45, 7) is 1.56. The molecule has 2 aliphatic heterocycles. The van der Waals surface area contributed by atoms with E-state index in [0.29, 0.717) is 49.2 Å². The van der Waals surface area contributed by atoms with Crippen molar-refractivity contribution in [3.8, 4) is 11.5 Å². The van der Waals surface area contributed by atoms with Gasteiger partial charge in [0.25, 0.3) is 11.8 Å². The van der Waals surface area contributed by atoms with E-state index in [0.717, 1.165) is 18.6 Å². The van der Waals surface area contributed by atoms with E-state index in [1.54, 1.807) is 18.2 Å². The molecule has 2 aliphatic rings. The number of amides is 2. The van der Waals surface area contributed by atoms with Crippen molar-refractivity contribution in [3.05, 3.63) is 89.5 Å². The number of halogens is 1. The smallest absolute Gasteiger partial charge is 0.262 e. The number of ether oxygens (including phenoxy) is 3. The van der Waals surface area contributed by atoms with Crippen molar-refractivity contribution in [2.24, 2.45) is 5.92 Å².